The normalized spacial score (nSPS) is 15.9. The molecule has 1 atom stereocenters. The van der Waals surface area contributed by atoms with Gasteiger partial charge in [0.15, 0.2) is 0 Å². The lowest BCUT2D eigenvalue weighted by Crippen LogP contribution is -2.04. The zero-order valence-corrected chi connectivity index (χ0v) is 15.8. The lowest BCUT2D eigenvalue weighted by Gasteiger charge is -2.12. The van der Waals surface area contributed by atoms with Crippen molar-refractivity contribution < 1.29 is 22.7 Å². The van der Waals surface area contributed by atoms with Crippen molar-refractivity contribution in [1.82, 2.24) is 4.98 Å². The molecule has 0 saturated carbocycles. The molecule has 2 aromatic carbocycles. The second kappa shape index (κ2) is 7.43. The van der Waals surface area contributed by atoms with E-state index in [1.807, 2.05) is 30.3 Å². The highest BCUT2D eigenvalue weighted by Crippen LogP contribution is 2.37. The number of aryl methyl sites for hydroxylation is 1. The van der Waals surface area contributed by atoms with Crippen LogP contribution in [0.4, 0.5) is 13.2 Å². The molecule has 0 fully saturated rings. The largest absolute Gasteiger partial charge is 0.464 e. The summed E-state index contributed by atoms with van der Waals surface area (Å²) in [4.78, 5) is 14.9. The Hall–Kier alpha value is -3.02. The molecule has 0 bridgehead atoms. The maximum atomic E-state index is 12.8. The quantitative estimate of drug-likeness (QED) is 0.567. The van der Waals surface area contributed by atoms with E-state index < -0.39 is 11.7 Å². The third-order valence-electron chi connectivity index (χ3n) is 5.48. The van der Waals surface area contributed by atoms with Crippen LogP contribution in [-0.2, 0) is 23.8 Å². The number of carbonyl (C=O) groups is 1. The zero-order valence-electron chi connectivity index (χ0n) is 15.8. The van der Waals surface area contributed by atoms with Crippen LogP contribution in [0.1, 0.15) is 45.2 Å². The SMILES string of the molecule is COC(=O)c1cc2c([nH]1)CCC2Cc1cccc(-c2ccc(C(F)(F)F)cc2)c1. The number of esters is 1. The van der Waals surface area contributed by atoms with E-state index in [9.17, 15) is 18.0 Å². The fourth-order valence-corrected chi connectivity index (χ4v) is 4.00. The number of hydrogen-bond donors (Lipinski definition) is 1. The van der Waals surface area contributed by atoms with Crippen molar-refractivity contribution in [3.8, 4) is 11.1 Å². The molecule has 1 N–H and O–H groups in total. The van der Waals surface area contributed by atoms with Gasteiger partial charge in [-0.3, -0.25) is 0 Å². The van der Waals surface area contributed by atoms with Crippen LogP contribution >= 0.6 is 0 Å². The predicted molar refractivity (Wildman–Crippen MR) is 104 cm³/mol. The molecule has 4 rings (SSSR count). The van der Waals surface area contributed by atoms with Gasteiger partial charge in [0, 0.05) is 5.69 Å². The second-order valence-electron chi connectivity index (χ2n) is 7.32. The molecule has 1 aromatic heterocycles. The summed E-state index contributed by atoms with van der Waals surface area (Å²) in [7, 11) is 1.36. The molecular weight excluding hydrogens is 379 g/mol. The number of hydrogen-bond acceptors (Lipinski definition) is 2. The molecule has 0 saturated heterocycles. The van der Waals surface area contributed by atoms with Gasteiger partial charge in [0.05, 0.1) is 12.7 Å². The Morgan fingerprint density at radius 1 is 1.10 bits per heavy atom. The third kappa shape index (κ3) is 3.92. The summed E-state index contributed by atoms with van der Waals surface area (Å²) in [5, 5.41) is 0. The third-order valence-corrected chi connectivity index (χ3v) is 5.48. The monoisotopic (exact) mass is 399 g/mol. The van der Waals surface area contributed by atoms with E-state index in [1.165, 1.54) is 19.2 Å². The van der Waals surface area contributed by atoms with Crippen molar-refractivity contribution in [1.29, 1.82) is 0 Å². The van der Waals surface area contributed by atoms with E-state index >= 15 is 0 Å². The zero-order chi connectivity index (χ0) is 20.6. The predicted octanol–water partition coefficient (Wildman–Crippen LogP) is 5.76. The second-order valence-corrected chi connectivity index (χ2v) is 7.32. The van der Waals surface area contributed by atoms with Gasteiger partial charge in [0.2, 0.25) is 0 Å². The highest BCUT2D eigenvalue weighted by atomic mass is 19.4. The van der Waals surface area contributed by atoms with Crippen LogP contribution in [0.5, 0.6) is 0 Å². The fraction of sp³-hybridized carbons (Fsp3) is 0.261. The van der Waals surface area contributed by atoms with E-state index in [-0.39, 0.29) is 5.97 Å². The maximum absolute atomic E-state index is 12.8. The van der Waals surface area contributed by atoms with Crippen LogP contribution in [0.25, 0.3) is 11.1 Å². The van der Waals surface area contributed by atoms with Crippen LogP contribution in [0.2, 0.25) is 0 Å². The van der Waals surface area contributed by atoms with Crippen LogP contribution in [0.15, 0.2) is 54.6 Å². The van der Waals surface area contributed by atoms with Gasteiger partial charge in [-0.2, -0.15) is 13.2 Å². The Bertz CT molecular complexity index is 1040. The Balaban J connectivity index is 1.54. The van der Waals surface area contributed by atoms with Crippen LogP contribution in [0, 0.1) is 0 Å². The molecule has 0 amide bonds. The summed E-state index contributed by atoms with van der Waals surface area (Å²) >= 11 is 0. The molecule has 1 aliphatic carbocycles. The highest BCUT2D eigenvalue weighted by molar-refractivity contribution is 5.88. The summed E-state index contributed by atoms with van der Waals surface area (Å²) in [5.41, 5.74) is 4.80. The number of H-pyrrole nitrogens is 1. The molecule has 6 heteroatoms. The number of carbonyl (C=O) groups excluding carboxylic acids is 1. The fourth-order valence-electron chi connectivity index (χ4n) is 4.00. The Labute approximate surface area is 166 Å². The van der Waals surface area contributed by atoms with Crippen molar-refractivity contribution in [3.63, 3.8) is 0 Å². The van der Waals surface area contributed by atoms with Gasteiger partial charge in [-0.25, -0.2) is 4.79 Å². The molecule has 0 spiro atoms. The first kappa shape index (κ1) is 19.3. The van der Waals surface area contributed by atoms with E-state index in [4.69, 9.17) is 4.74 Å². The molecule has 3 aromatic rings. The van der Waals surface area contributed by atoms with Gasteiger partial charge in [-0.1, -0.05) is 36.4 Å². The van der Waals surface area contributed by atoms with Crippen LogP contribution < -0.4 is 0 Å². The Kier molecular flexibility index (Phi) is 4.94. The molecule has 3 nitrogen and oxygen atoms in total. The van der Waals surface area contributed by atoms with E-state index in [1.54, 1.807) is 0 Å². The smallest absolute Gasteiger partial charge is 0.416 e. The number of halogens is 3. The van der Waals surface area contributed by atoms with Gasteiger partial charge in [-0.05, 0) is 65.6 Å². The van der Waals surface area contributed by atoms with Gasteiger partial charge in [0.1, 0.15) is 5.69 Å². The number of aromatic amines is 1. The van der Waals surface area contributed by atoms with E-state index in [0.717, 1.165) is 59.3 Å². The number of rotatable bonds is 4. The van der Waals surface area contributed by atoms with Gasteiger partial charge in [0.25, 0.3) is 0 Å². The summed E-state index contributed by atoms with van der Waals surface area (Å²) < 4.78 is 43.1. The number of nitrogens with one attached hydrogen (secondary N) is 1. The number of benzene rings is 2. The van der Waals surface area contributed by atoms with Crippen molar-refractivity contribution in [3.05, 3.63) is 82.7 Å². The minimum atomic E-state index is -4.33. The van der Waals surface area contributed by atoms with E-state index in [2.05, 4.69) is 4.98 Å². The Morgan fingerprint density at radius 2 is 1.86 bits per heavy atom. The first-order valence-corrected chi connectivity index (χ1v) is 9.42. The minimum absolute atomic E-state index is 0.294. The average molecular weight is 399 g/mol. The van der Waals surface area contributed by atoms with Gasteiger partial charge >= 0.3 is 12.1 Å². The molecule has 1 heterocycles. The number of ether oxygens (including phenoxy) is 1. The van der Waals surface area contributed by atoms with Gasteiger partial charge < -0.3 is 9.72 Å². The highest BCUT2D eigenvalue weighted by Gasteiger charge is 2.30. The van der Waals surface area contributed by atoms with Crippen LogP contribution in [-0.4, -0.2) is 18.1 Å². The number of alkyl halides is 3. The molecule has 1 aliphatic rings. The molecule has 150 valence electrons. The molecular formula is C23H20F3NO2. The van der Waals surface area contributed by atoms with Crippen molar-refractivity contribution in [2.24, 2.45) is 0 Å². The number of methoxy groups -OCH3 is 1. The van der Waals surface area contributed by atoms with Crippen molar-refractivity contribution in [2.45, 2.75) is 31.4 Å². The van der Waals surface area contributed by atoms with E-state index in [0.29, 0.717) is 11.6 Å². The lowest BCUT2D eigenvalue weighted by atomic mass is 9.92. The Morgan fingerprint density at radius 3 is 2.55 bits per heavy atom. The summed E-state index contributed by atoms with van der Waals surface area (Å²) in [6, 6.07) is 15.0. The summed E-state index contributed by atoms with van der Waals surface area (Å²) in [6.07, 6.45) is -1.65. The summed E-state index contributed by atoms with van der Waals surface area (Å²) in [5.74, 6) is -0.0787. The standard InChI is InChI=1S/C23H20F3NO2/c1-29-22(28)21-13-19-17(7-10-20(19)27-21)12-14-3-2-4-16(11-14)15-5-8-18(9-6-15)23(24,25)26/h2-6,8-9,11,13,17,27H,7,10,12H2,1H3. The maximum Gasteiger partial charge on any atom is 0.416 e. The van der Waals surface area contributed by atoms with Crippen molar-refractivity contribution in [2.75, 3.05) is 7.11 Å². The number of fused-ring (bicyclic) bond motifs is 1. The van der Waals surface area contributed by atoms with Crippen molar-refractivity contribution >= 4 is 5.97 Å². The average Bonchev–Trinajstić information content (AvgIpc) is 3.29. The number of aromatic nitrogens is 1. The molecule has 29 heavy (non-hydrogen) atoms. The molecule has 0 radical (unpaired) electrons. The minimum Gasteiger partial charge on any atom is -0.464 e. The first-order chi connectivity index (χ1) is 13.8. The molecule has 0 aliphatic heterocycles. The lowest BCUT2D eigenvalue weighted by molar-refractivity contribution is -0.137. The van der Waals surface area contributed by atoms with Gasteiger partial charge in [-0.15, -0.1) is 0 Å². The molecule has 1 unspecified atom stereocenters. The first-order valence-electron chi connectivity index (χ1n) is 9.42. The van der Waals surface area contributed by atoms with Crippen LogP contribution in [0.3, 0.4) is 0 Å². The topological polar surface area (TPSA) is 42.1 Å². The summed E-state index contributed by atoms with van der Waals surface area (Å²) in [6.45, 7) is 0.